The maximum atomic E-state index is 5.56. The van der Waals surface area contributed by atoms with Crippen LogP contribution in [-0.2, 0) is 11.3 Å². The fourth-order valence-electron chi connectivity index (χ4n) is 2.72. The molecule has 0 saturated carbocycles. The van der Waals surface area contributed by atoms with Gasteiger partial charge in [0.05, 0.1) is 6.61 Å². The molecule has 0 amide bonds. The molecule has 0 heterocycles. The van der Waals surface area contributed by atoms with Gasteiger partial charge in [-0.15, -0.1) is 0 Å². The van der Waals surface area contributed by atoms with E-state index >= 15 is 0 Å². The maximum absolute atomic E-state index is 5.56. The van der Waals surface area contributed by atoms with Crippen molar-refractivity contribution in [3.63, 3.8) is 0 Å². The molecule has 0 aromatic heterocycles. The summed E-state index contributed by atoms with van der Waals surface area (Å²) in [6, 6.07) is 8.41. The van der Waals surface area contributed by atoms with Gasteiger partial charge in [-0.05, 0) is 24.7 Å². The minimum Gasteiger partial charge on any atom is -0.483 e. The van der Waals surface area contributed by atoms with E-state index in [1.54, 1.807) is 0 Å². The minimum absolute atomic E-state index is 0.624. The molecule has 21 heavy (non-hydrogen) atoms. The smallest absolute Gasteiger partial charge is 0.191 e. The van der Waals surface area contributed by atoms with Gasteiger partial charge < -0.3 is 8.97 Å². The third-order valence-corrected chi connectivity index (χ3v) is 11.4. The van der Waals surface area contributed by atoms with E-state index in [1.807, 2.05) is 13.0 Å². The molecule has 0 aliphatic carbocycles. The second-order valence-corrected chi connectivity index (χ2v) is 17.9. The van der Waals surface area contributed by atoms with Crippen LogP contribution in [0.3, 0.4) is 0 Å². The number of nitrogens with zero attached hydrogens (tertiary/aromatic N) is 1. The van der Waals surface area contributed by atoms with Gasteiger partial charge in [0.25, 0.3) is 0 Å². The van der Waals surface area contributed by atoms with E-state index in [-0.39, 0.29) is 0 Å². The molecule has 0 unspecified atom stereocenters. The third-order valence-electron chi connectivity index (χ3n) is 3.46. The molecule has 0 N–H and O–H groups in total. The average Bonchev–Trinajstić information content (AvgIpc) is 2.34. The van der Waals surface area contributed by atoms with Crippen LogP contribution >= 0.6 is 12.2 Å². The molecule has 0 fully saturated rings. The summed E-state index contributed by atoms with van der Waals surface area (Å²) in [6.45, 7) is 18.1. The summed E-state index contributed by atoms with van der Waals surface area (Å²) < 4.78 is 8.33. The molecule has 1 aromatic carbocycles. The first-order chi connectivity index (χ1) is 9.57. The van der Waals surface area contributed by atoms with Crippen molar-refractivity contribution in [3.8, 4) is 0 Å². The van der Waals surface area contributed by atoms with Crippen molar-refractivity contribution in [2.24, 2.45) is 0 Å². The second-order valence-electron chi connectivity index (χ2n) is 7.31. The molecule has 1 aromatic rings. The lowest BCUT2D eigenvalue weighted by Crippen LogP contribution is -2.58. The summed E-state index contributed by atoms with van der Waals surface area (Å²) >= 11 is 5.43. The minimum atomic E-state index is -1.37. The van der Waals surface area contributed by atoms with Gasteiger partial charge in [0.15, 0.2) is 5.05 Å². The molecule has 0 atom stereocenters. The molecule has 0 aliphatic rings. The van der Waals surface area contributed by atoms with Crippen LogP contribution in [0.25, 0.3) is 0 Å². The lowest BCUT2D eigenvalue weighted by Gasteiger charge is -2.44. The molecule has 0 bridgehead atoms. The number of hydrogen-bond acceptors (Lipinski definition) is 3. The van der Waals surface area contributed by atoms with Crippen LogP contribution in [0.1, 0.15) is 18.1 Å². The predicted molar refractivity (Wildman–Crippen MR) is 102 cm³/mol. The summed E-state index contributed by atoms with van der Waals surface area (Å²) in [5, 5.41) is 0.624. The summed E-state index contributed by atoms with van der Waals surface area (Å²) in [4.78, 5) is 0. The second kappa shape index (κ2) is 7.18. The highest BCUT2D eigenvalue weighted by Gasteiger charge is 2.34. The Morgan fingerprint density at radius 1 is 1.05 bits per heavy atom. The zero-order chi connectivity index (χ0) is 16.3. The Labute approximate surface area is 137 Å². The van der Waals surface area contributed by atoms with Crippen molar-refractivity contribution in [1.82, 2.24) is 4.23 Å². The van der Waals surface area contributed by atoms with Crippen LogP contribution in [-0.4, -0.2) is 32.4 Å². The standard InChI is InChI=1S/C16H29NOSSi2/c1-8-18-16(19)15-12-10-9-11-14(15)13-17(20(2,3)4)21(5,6)7/h9-12H,8,13H2,1-7H3. The third kappa shape index (κ3) is 5.32. The Morgan fingerprint density at radius 3 is 2.05 bits per heavy atom. The van der Waals surface area contributed by atoms with Gasteiger partial charge in [0.2, 0.25) is 0 Å². The maximum Gasteiger partial charge on any atom is 0.191 e. The number of hydrogen-bond donors (Lipinski definition) is 0. The lowest BCUT2D eigenvalue weighted by atomic mass is 10.1. The average molecular weight is 340 g/mol. The van der Waals surface area contributed by atoms with Crippen molar-refractivity contribution < 1.29 is 4.74 Å². The van der Waals surface area contributed by atoms with E-state index < -0.39 is 16.5 Å². The summed E-state index contributed by atoms with van der Waals surface area (Å²) in [7, 11) is -2.74. The molecule has 0 spiro atoms. The van der Waals surface area contributed by atoms with Gasteiger partial charge in [-0.3, -0.25) is 0 Å². The van der Waals surface area contributed by atoms with Gasteiger partial charge in [-0.25, -0.2) is 0 Å². The Kier molecular flexibility index (Phi) is 6.34. The molecule has 2 nitrogen and oxygen atoms in total. The highest BCUT2D eigenvalue weighted by Crippen LogP contribution is 2.24. The first-order valence-corrected chi connectivity index (χ1v) is 14.9. The first-order valence-electron chi connectivity index (χ1n) is 7.60. The van der Waals surface area contributed by atoms with E-state index in [2.05, 4.69) is 61.7 Å². The summed E-state index contributed by atoms with van der Waals surface area (Å²) in [6.07, 6.45) is 0. The van der Waals surface area contributed by atoms with Crippen LogP contribution in [0.15, 0.2) is 24.3 Å². The monoisotopic (exact) mass is 339 g/mol. The largest absolute Gasteiger partial charge is 0.483 e. The summed E-state index contributed by atoms with van der Waals surface area (Å²) in [5.41, 5.74) is 2.37. The number of rotatable bonds is 6. The molecule has 0 saturated heterocycles. The van der Waals surface area contributed by atoms with Crippen LogP contribution in [0.5, 0.6) is 0 Å². The first kappa shape index (κ1) is 18.6. The van der Waals surface area contributed by atoms with Crippen LogP contribution in [0, 0.1) is 0 Å². The van der Waals surface area contributed by atoms with Gasteiger partial charge in [0.1, 0.15) is 16.5 Å². The SMILES string of the molecule is CCOC(=S)c1ccccc1CN([Si](C)(C)C)[Si](C)(C)C. The van der Waals surface area contributed by atoms with Crippen molar-refractivity contribution in [1.29, 1.82) is 0 Å². The van der Waals surface area contributed by atoms with Crippen molar-refractivity contribution in [2.45, 2.75) is 52.8 Å². The lowest BCUT2D eigenvalue weighted by molar-refractivity contribution is 0.337. The highest BCUT2D eigenvalue weighted by molar-refractivity contribution is 7.80. The predicted octanol–water partition coefficient (Wildman–Crippen LogP) is 4.87. The molecule has 1 rings (SSSR count). The Balaban J connectivity index is 3.14. The van der Waals surface area contributed by atoms with Gasteiger partial charge in [0, 0.05) is 12.1 Å². The van der Waals surface area contributed by atoms with E-state index in [4.69, 9.17) is 17.0 Å². The van der Waals surface area contributed by atoms with Crippen LogP contribution in [0.2, 0.25) is 39.3 Å². The molecule has 118 valence electrons. The van der Waals surface area contributed by atoms with Crippen LogP contribution < -0.4 is 0 Å². The fourth-order valence-corrected chi connectivity index (χ4v) is 12.4. The number of thiocarbonyl (C=S) groups is 1. The Hall–Kier alpha value is -0.496. The van der Waals surface area contributed by atoms with E-state index in [0.717, 1.165) is 12.1 Å². The normalized spacial score (nSPS) is 12.6. The molecule has 5 heteroatoms. The molecule has 0 aliphatic heterocycles. The van der Waals surface area contributed by atoms with Crippen molar-refractivity contribution in [2.75, 3.05) is 6.61 Å². The Bertz CT molecular complexity index is 478. The van der Waals surface area contributed by atoms with Crippen molar-refractivity contribution in [3.05, 3.63) is 35.4 Å². The zero-order valence-electron chi connectivity index (χ0n) is 14.5. The number of benzene rings is 1. The Morgan fingerprint density at radius 2 is 1.57 bits per heavy atom. The molecular formula is C16H29NOSSi2. The van der Waals surface area contributed by atoms with Gasteiger partial charge in [-0.1, -0.05) is 63.5 Å². The van der Waals surface area contributed by atoms with Crippen molar-refractivity contribution >= 4 is 33.7 Å². The fraction of sp³-hybridized carbons (Fsp3) is 0.562. The van der Waals surface area contributed by atoms with E-state index in [9.17, 15) is 0 Å². The summed E-state index contributed by atoms with van der Waals surface area (Å²) in [5.74, 6) is 0. The molecular weight excluding hydrogens is 310 g/mol. The number of ether oxygens (including phenoxy) is 1. The topological polar surface area (TPSA) is 12.5 Å². The highest BCUT2D eigenvalue weighted by atomic mass is 32.1. The van der Waals surface area contributed by atoms with E-state index in [0.29, 0.717) is 11.7 Å². The molecule has 0 radical (unpaired) electrons. The quantitative estimate of drug-likeness (QED) is 0.542. The van der Waals surface area contributed by atoms with Gasteiger partial charge in [-0.2, -0.15) is 0 Å². The zero-order valence-corrected chi connectivity index (χ0v) is 17.3. The van der Waals surface area contributed by atoms with E-state index in [1.165, 1.54) is 5.56 Å². The van der Waals surface area contributed by atoms with Crippen LogP contribution in [0.4, 0.5) is 0 Å². The van der Waals surface area contributed by atoms with Gasteiger partial charge >= 0.3 is 0 Å².